The molecule has 0 bridgehead atoms. The smallest absolute Gasteiger partial charge is 0.140 e. The molecule has 0 spiro atoms. The molecular formula is C20H19N3O3. The van der Waals surface area contributed by atoms with E-state index in [-0.39, 0.29) is 6.04 Å². The number of benzene rings is 1. The molecule has 6 heteroatoms. The van der Waals surface area contributed by atoms with E-state index in [1.807, 2.05) is 29.8 Å². The SMILES string of the molecule is Cc1ccnc2c1ccn2[C@@H]1C[C@H](Oc2ccccc2C#N)[C@H](O)[C@@H]1O. The molecule has 3 aromatic rings. The second-order valence-corrected chi connectivity index (χ2v) is 6.64. The molecule has 0 saturated heterocycles. The van der Waals surface area contributed by atoms with Crippen molar-refractivity contribution in [2.24, 2.45) is 0 Å². The molecule has 0 aliphatic heterocycles. The quantitative estimate of drug-likeness (QED) is 0.757. The number of hydrogen-bond donors (Lipinski definition) is 2. The third-order valence-corrected chi connectivity index (χ3v) is 5.08. The van der Waals surface area contributed by atoms with Gasteiger partial charge in [-0.2, -0.15) is 5.26 Å². The third-order valence-electron chi connectivity index (χ3n) is 5.08. The van der Waals surface area contributed by atoms with Crippen molar-refractivity contribution in [3.05, 3.63) is 59.9 Å². The van der Waals surface area contributed by atoms with Crippen molar-refractivity contribution in [3.8, 4) is 11.8 Å². The Kier molecular flexibility index (Phi) is 4.11. The summed E-state index contributed by atoms with van der Waals surface area (Å²) in [6, 6.07) is 12.5. The molecule has 4 rings (SSSR count). The fourth-order valence-corrected chi connectivity index (χ4v) is 3.65. The first-order chi connectivity index (χ1) is 12.6. The maximum absolute atomic E-state index is 10.6. The van der Waals surface area contributed by atoms with Crippen LogP contribution in [-0.4, -0.2) is 38.1 Å². The number of aliphatic hydroxyl groups is 2. The van der Waals surface area contributed by atoms with Crippen molar-refractivity contribution in [1.82, 2.24) is 9.55 Å². The average Bonchev–Trinajstić information content (AvgIpc) is 3.20. The molecule has 4 atom stereocenters. The van der Waals surface area contributed by atoms with Crippen LogP contribution in [0, 0.1) is 18.3 Å². The van der Waals surface area contributed by atoms with Gasteiger partial charge in [0.25, 0.3) is 0 Å². The van der Waals surface area contributed by atoms with Gasteiger partial charge in [0.1, 0.15) is 35.8 Å². The Bertz CT molecular complexity index is 991. The maximum atomic E-state index is 10.6. The molecule has 2 aromatic heterocycles. The number of hydrogen-bond acceptors (Lipinski definition) is 5. The van der Waals surface area contributed by atoms with E-state index in [1.165, 1.54) is 0 Å². The minimum atomic E-state index is -1.05. The van der Waals surface area contributed by atoms with Crippen molar-refractivity contribution in [3.63, 3.8) is 0 Å². The van der Waals surface area contributed by atoms with Crippen LogP contribution in [0.2, 0.25) is 0 Å². The lowest BCUT2D eigenvalue weighted by atomic mass is 10.2. The van der Waals surface area contributed by atoms with Crippen LogP contribution >= 0.6 is 0 Å². The number of para-hydroxylation sites is 1. The van der Waals surface area contributed by atoms with Crippen molar-refractivity contribution >= 4 is 11.0 Å². The fraction of sp³-hybridized carbons (Fsp3) is 0.300. The third kappa shape index (κ3) is 2.62. The molecule has 2 N–H and O–H groups in total. The van der Waals surface area contributed by atoms with E-state index < -0.39 is 18.3 Å². The van der Waals surface area contributed by atoms with Gasteiger partial charge in [0.2, 0.25) is 0 Å². The highest BCUT2D eigenvalue weighted by atomic mass is 16.5. The van der Waals surface area contributed by atoms with Crippen LogP contribution in [0.3, 0.4) is 0 Å². The highest BCUT2D eigenvalue weighted by molar-refractivity contribution is 5.79. The molecule has 0 amide bonds. The number of aliphatic hydroxyl groups excluding tert-OH is 2. The zero-order chi connectivity index (χ0) is 18.3. The topological polar surface area (TPSA) is 91.3 Å². The summed E-state index contributed by atoms with van der Waals surface area (Å²) in [5, 5.41) is 31.3. The van der Waals surface area contributed by atoms with Crippen molar-refractivity contribution in [2.75, 3.05) is 0 Å². The van der Waals surface area contributed by atoms with Crippen LogP contribution in [0.15, 0.2) is 48.8 Å². The van der Waals surface area contributed by atoms with Gasteiger partial charge in [0.15, 0.2) is 0 Å². The molecule has 1 aromatic carbocycles. The van der Waals surface area contributed by atoms with Gasteiger partial charge in [-0.05, 0) is 36.8 Å². The van der Waals surface area contributed by atoms with Crippen LogP contribution in [0.5, 0.6) is 5.75 Å². The van der Waals surface area contributed by atoms with Crippen molar-refractivity contribution in [1.29, 1.82) is 5.26 Å². The van der Waals surface area contributed by atoms with E-state index >= 15 is 0 Å². The molecule has 1 aliphatic rings. The second kappa shape index (κ2) is 6.45. The van der Waals surface area contributed by atoms with Gasteiger partial charge in [-0.1, -0.05) is 12.1 Å². The number of aryl methyl sites for hydroxylation is 1. The first-order valence-electron chi connectivity index (χ1n) is 8.54. The first-order valence-corrected chi connectivity index (χ1v) is 8.54. The normalized spacial score (nSPS) is 25.3. The lowest BCUT2D eigenvalue weighted by Gasteiger charge is -2.19. The van der Waals surface area contributed by atoms with Gasteiger partial charge in [0.05, 0.1) is 11.6 Å². The monoisotopic (exact) mass is 349 g/mol. The number of rotatable bonds is 3. The Balaban J connectivity index is 1.64. The predicted octanol–water partition coefficient (Wildman–Crippen LogP) is 2.33. The number of aromatic nitrogens is 2. The summed E-state index contributed by atoms with van der Waals surface area (Å²) in [5.74, 6) is 0.415. The van der Waals surface area contributed by atoms with E-state index in [0.717, 1.165) is 16.6 Å². The number of nitrogens with zero attached hydrogens (tertiary/aromatic N) is 3. The van der Waals surface area contributed by atoms with Crippen molar-refractivity contribution < 1.29 is 14.9 Å². The summed E-state index contributed by atoms with van der Waals surface area (Å²) in [4.78, 5) is 4.43. The van der Waals surface area contributed by atoms with Crippen LogP contribution < -0.4 is 4.74 Å². The zero-order valence-electron chi connectivity index (χ0n) is 14.3. The molecule has 6 nitrogen and oxygen atoms in total. The highest BCUT2D eigenvalue weighted by Gasteiger charge is 2.44. The minimum absolute atomic E-state index is 0.351. The van der Waals surface area contributed by atoms with Gasteiger partial charge in [0, 0.05) is 24.2 Å². The highest BCUT2D eigenvalue weighted by Crippen LogP contribution is 2.36. The number of pyridine rings is 1. The lowest BCUT2D eigenvalue weighted by Crippen LogP contribution is -2.34. The lowest BCUT2D eigenvalue weighted by molar-refractivity contribution is -0.0164. The summed E-state index contributed by atoms with van der Waals surface area (Å²) in [5.41, 5.74) is 2.29. The maximum Gasteiger partial charge on any atom is 0.140 e. The summed E-state index contributed by atoms with van der Waals surface area (Å²) >= 11 is 0. The van der Waals surface area contributed by atoms with Gasteiger partial charge in [-0.3, -0.25) is 0 Å². The molecule has 1 saturated carbocycles. The summed E-state index contributed by atoms with van der Waals surface area (Å²) < 4.78 is 7.78. The van der Waals surface area contributed by atoms with Crippen LogP contribution in [0.4, 0.5) is 0 Å². The number of ether oxygens (including phenoxy) is 1. The Morgan fingerprint density at radius 3 is 2.81 bits per heavy atom. The molecule has 2 heterocycles. The van der Waals surface area contributed by atoms with E-state index in [0.29, 0.717) is 17.7 Å². The fourth-order valence-electron chi connectivity index (χ4n) is 3.65. The van der Waals surface area contributed by atoms with Crippen LogP contribution in [0.25, 0.3) is 11.0 Å². The molecule has 0 unspecified atom stereocenters. The summed E-state index contributed by atoms with van der Waals surface area (Å²) in [6.07, 6.45) is 1.41. The molecule has 1 aliphatic carbocycles. The van der Waals surface area contributed by atoms with Gasteiger partial charge in [-0.25, -0.2) is 4.98 Å². The van der Waals surface area contributed by atoms with E-state index in [1.54, 1.807) is 30.5 Å². The summed E-state index contributed by atoms with van der Waals surface area (Å²) in [6.45, 7) is 2.01. The standard InChI is InChI=1S/C20H19N3O3/c1-12-6-8-22-20-14(12)7-9-23(20)15-10-17(19(25)18(15)24)26-16-5-3-2-4-13(16)11-21/h2-9,15,17-19,24-25H,10H2,1H3/t15-,17+,18-,19+/m1/s1. The van der Waals surface area contributed by atoms with E-state index in [9.17, 15) is 15.5 Å². The van der Waals surface area contributed by atoms with Crippen LogP contribution in [0.1, 0.15) is 23.6 Å². The predicted molar refractivity (Wildman–Crippen MR) is 95.7 cm³/mol. The molecule has 0 radical (unpaired) electrons. The Morgan fingerprint density at radius 1 is 1.19 bits per heavy atom. The Morgan fingerprint density at radius 2 is 2.00 bits per heavy atom. The number of nitriles is 1. The Labute approximate surface area is 150 Å². The second-order valence-electron chi connectivity index (χ2n) is 6.64. The zero-order valence-corrected chi connectivity index (χ0v) is 14.3. The number of fused-ring (bicyclic) bond motifs is 1. The minimum Gasteiger partial charge on any atom is -0.486 e. The average molecular weight is 349 g/mol. The van der Waals surface area contributed by atoms with Gasteiger partial charge >= 0.3 is 0 Å². The molecular weight excluding hydrogens is 330 g/mol. The molecule has 1 fully saturated rings. The van der Waals surface area contributed by atoms with Crippen molar-refractivity contribution in [2.45, 2.75) is 37.7 Å². The Hall–Kier alpha value is -2.88. The van der Waals surface area contributed by atoms with E-state index in [4.69, 9.17) is 4.74 Å². The first kappa shape index (κ1) is 16.6. The molecule has 132 valence electrons. The van der Waals surface area contributed by atoms with E-state index in [2.05, 4.69) is 11.1 Å². The van der Waals surface area contributed by atoms with Gasteiger partial charge in [-0.15, -0.1) is 0 Å². The largest absolute Gasteiger partial charge is 0.486 e. The molecule has 26 heavy (non-hydrogen) atoms. The van der Waals surface area contributed by atoms with Crippen LogP contribution in [-0.2, 0) is 0 Å². The van der Waals surface area contributed by atoms with Gasteiger partial charge < -0.3 is 19.5 Å². The summed E-state index contributed by atoms with van der Waals surface area (Å²) in [7, 11) is 0.